The van der Waals surface area contributed by atoms with Crippen molar-refractivity contribution < 1.29 is 19.1 Å². The molecule has 1 heterocycles. The molecule has 1 aromatic carbocycles. The third kappa shape index (κ3) is 1.84. The molecule has 0 aromatic heterocycles. The van der Waals surface area contributed by atoms with Crippen molar-refractivity contribution in [2.75, 3.05) is 13.2 Å². The molecule has 0 amide bonds. The number of fused-ring (bicyclic) bond motifs is 1. The molecule has 0 unspecified atom stereocenters. The van der Waals surface area contributed by atoms with Gasteiger partial charge in [-0.05, 0) is 6.07 Å². The molecule has 0 fully saturated rings. The second-order valence-corrected chi connectivity index (χ2v) is 3.62. The van der Waals surface area contributed by atoms with E-state index in [0.29, 0.717) is 41.6 Å². The summed E-state index contributed by atoms with van der Waals surface area (Å²) in [6, 6.07) is 1.59. The number of rotatable bonds is 3. The summed E-state index contributed by atoms with van der Waals surface area (Å²) < 4.78 is 10.8. The first-order valence-electron chi connectivity index (χ1n) is 4.65. The summed E-state index contributed by atoms with van der Waals surface area (Å²) in [5.74, 6) is 5.84. The molecular formula is C10H10ClNO4. The lowest BCUT2D eigenvalue weighted by Gasteiger charge is -2.22. The van der Waals surface area contributed by atoms with E-state index in [-0.39, 0.29) is 12.2 Å². The van der Waals surface area contributed by atoms with Gasteiger partial charge in [0.2, 0.25) is 0 Å². The molecule has 5 nitrogen and oxygen atoms in total. The van der Waals surface area contributed by atoms with Crippen LogP contribution in [0.1, 0.15) is 15.9 Å². The molecule has 0 bridgehead atoms. The fraction of sp³-hybridized carbons (Fsp3) is 0.300. The SMILES string of the molecule is NOCc1cc(Cl)c(C=O)c2c1OCCO2. The number of carbonyl (C=O) groups excluding carboxylic acids is 1. The highest BCUT2D eigenvalue weighted by Gasteiger charge is 2.22. The smallest absolute Gasteiger partial charge is 0.173 e. The molecule has 6 heteroatoms. The quantitative estimate of drug-likeness (QED) is 0.640. The lowest BCUT2D eigenvalue weighted by molar-refractivity contribution is 0.109. The maximum Gasteiger partial charge on any atom is 0.173 e. The molecule has 0 saturated heterocycles. The minimum Gasteiger partial charge on any atom is -0.486 e. The molecule has 0 spiro atoms. The van der Waals surface area contributed by atoms with Crippen molar-refractivity contribution in [1.82, 2.24) is 0 Å². The minimum atomic E-state index is 0.143. The fourth-order valence-corrected chi connectivity index (χ4v) is 1.83. The van der Waals surface area contributed by atoms with E-state index >= 15 is 0 Å². The summed E-state index contributed by atoms with van der Waals surface area (Å²) in [7, 11) is 0. The van der Waals surface area contributed by atoms with Crippen LogP contribution in [0.25, 0.3) is 0 Å². The Morgan fingerprint density at radius 1 is 1.44 bits per heavy atom. The maximum absolute atomic E-state index is 10.9. The van der Waals surface area contributed by atoms with Crippen LogP contribution in [0.15, 0.2) is 6.07 Å². The highest BCUT2D eigenvalue weighted by molar-refractivity contribution is 6.33. The van der Waals surface area contributed by atoms with Crippen molar-refractivity contribution in [3.8, 4) is 11.5 Å². The Balaban J connectivity index is 2.57. The zero-order valence-corrected chi connectivity index (χ0v) is 9.12. The highest BCUT2D eigenvalue weighted by Crippen LogP contribution is 2.40. The van der Waals surface area contributed by atoms with Crippen molar-refractivity contribution >= 4 is 17.9 Å². The standard InChI is InChI=1S/C10H10ClNO4/c11-8-3-6(5-16-12)9-10(7(8)4-13)15-2-1-14-9/h3-4H,1-2,5,12H2. The first-order valence-corrected chi connectivity index (χ1v) is 5.03. The van der Waals surface area contributed by atoms with Gasteiger partial charge in [-0.2, -0.15) is 0 Å². The van der Waals surface area contributed by atoms with E-state index in [1.807, 2.05) is 0 Å². The van der Waals surface area contributed by atoms with Gasteiger partial charge in [-0.15, -0.1) is 0 Å². The molecule has 16 heavy (non-hydrogen) atoms. The molecule has 1 aliphatic heterocycles. The van der Waals surface area contributed by atoms with Gasteiger partial charge >= 0.3 is 0 Å². The average molecular weight is 244 g/mol. The van der Waals surface area contributed by atoms with Crippen molar-refractivity contribution in [3.05, 3.63) is 22.2 Å². The van der Waals surface area contributed by atoms with E-state index in [9.17, 15) is 4.79 Å². The number of benzene rings is 1. The predicted molar refractivity (Wildman–Crippen MR) is 56.8 cm³/mol. The summed E-state index contributed by atoms with van der Waals surface area (Å²) in [5.41, 5.74) is 0.949. The van der Waals surface area contributed by atoms with Crippen LogP contribution in [0.3, 0.4) is 0 Å². The first kappa shape index (κ1) is 11.2. The van der Waals surface area contributed by atoms with Crippen LogP contribution in [0, 0.1) is 0 Å². The lowest BCUT2D eigenvalue weighted by atomic mass is 10.1. The van der Waals surface area contributed by atoms with Gasteiger partial charge < -0.3 is 9.47 Å². The Morgan fingerprint density at radius 3 is 2.75 bits per heavy atom. The number of hydrogen-bond acceptors (Lipinski definition) is 5. The zero-order chi connectivity index (χ0) is 11.5. The normalized spacial score (nSPS) is 13.6. The summed E-state index contributed by atoms with van der Waals surface area (Å²) in [6.07, 6.45) is 0.642. The van der Waals surface area contributed by atoms with Crippen LogP contribution in [0.2, 0.25) is 5.02 Å². The van der Waals surface area contributed by atoms with E-state index in [2.05, 4.69) is 4.84 Å². The van der Waals surface area contributed by atoms with E-state index in [4.69, 9.17) is 27.0 Å². The number of nitrogens with two attached hydrogens (primary N) is 1. The molecule has 2 N–H and O–H groups in total. The van der Waals surface area contributed by atoms with E-state index in [0.717, 1.165) is 0 Å². The minimum absolute atomic E-state index is 0.143. The zero-order valence-electron chi connectivity index (χ0n) is 8.36. The molecule has 0 atom stereocenters. The van der Waals surface area contributed by atoms with Crippen LogP contribution >= 0.6 is 11.6 Å². The van der Waals surface area contributed by atoms with Crippen LogP contribution in [0.5, 0.6) is 11.5 Å². The molecule has 0 radical (unpaired) electrons. The third-order valence-electron chi connectivity index (χ3n) is 2.23. The first-order chi connectivity index (χ1) is 7.77. The van der Waals surface area contributed by atoms with Gasteiger partial charge in [0.1, 0.15) is 13.2 Å². The van der Waals surface area contributed by atoms with Crippen LogP contribution in [-0.2, 0) is 11.4 Å². The van der Waals surface area contributed by atoms with Crippen molar-refractivity contribution in [1.29, 1.82) is 0 Å². The summed E-state index contributed by atoms with van der Waals surface area (Å²) in [5, 5.41) is 0.298. The van der Waals surface area contributed by atoms with Crippen molar-refractivity contribution in [2.45, 2.75) is 6.61 Å². The van der Waals surface area contributed by atoms with E-state index in [1.54, 1.807) is 6.07 Å². The van der Waals surface area contributed by atoms with Crippen LogP contribution < -0.4 is 15.4 Å². The lowest BCUT2D eigenvalue weighted by Crippen LogP contribution is -2.18. The monoisotopic (exact) mass is 243 g/mol. The second kappa shape index (κ2) is 4.69. The van der Waals surface area contributed by atoms with Gasteiger partial charge in [0, 0.05) is 5.56 Å². The van der Waals surface area contributed by atoms with E-state index < -0.39 is 0 Å². The van der Waals surface area contributed by atoms with Gasteiger partial charge in [-0.3, -0.25) is 9.63 Å². The Morgan fingerprint density at radius 2 is 2.12 bits per heavy atom. The summed E-state index contributed by atoms with van der Waals surface area (Å²) in [6.45, 7) is 0.951. The van der Waals surface area contributed by atoms with Gasteiger partial charge in [-0.1, -0.05) is 11.6 Å². The maximum atomic E-state index is 10.9. The van der Waals surface area contributed by atoms with Gasteiger partial charge in [0.25, 0.3) is 0 Å². The Labute approximate surface area is 97.0 Å². The van der Waals surface area contributed by atoms with Crippen LogP contribution in [0.4, 0.5) is 0 Å². The number of ether oxygens (including phenoxy) is 2. The second-order valence-electron chi connectivity index (χ2n) is 3.22. The van der Waals surface area contributed by atoms with Gasteiger partial charge in [-0.25, -0.2) is 5.90 Å². The van der Waals surface area contributed by atoms with Gasteiger partial charge in [0.05, 0.1) is 17.2 Å². The number of carbonyl (C=O) groups is 1. The summed E-state index contributed by atoms with van der Waals surface area (Å²) in [4.78, 5) is 15.4. The molecule has 0 aliphatic carbocycles. The van der Waals surface area contributed by atoms with Crippen molar-refractivity contribution in [2.24, 2.45) is 5.90 Å². The molecule has 0 saturated carbocycles. The fourth-order valence-electron chi connectivity index (χ4n) is 1.57. The average Bonchev–Trinajstić information content (AvgIpc) is 2.30. The van der Waals surface area contributed by atoms with E-state index in [1.165, 1.54) is 0 Å². The Bertz CT molecular complexity index is 422. The molecule has 1 aliphatic rings. The Hall–Kier alpha value is -1.30. The number of aldehydes is 1. The predicted octanol–water partition coefficient (Wildman–Crippen LogP) is 1.31. The molecular weight excluding hydrogens is 234 g/mol. The van der Waals surface area contributed by atoms with Gasteiger partial charge in [0.15, 0.2) is 17.8 Å². The molecule has 2 rings (SSSR count). The summed E-state index contributed by atoms with van der Waals surface area (Å²) >= 11 is 5.94. The number of hydrogen-bond donors (Lipinski definition) is 1. The van der Waals surface area contributed by atoms with Crippen molar-refractivity contribution in [3.63, 3.8) is 0 Å². The largest absolute Gasteiger partial charge is 0.486 e. The topological polar surface area (TPSA) is 70.8 Å². The third-order valence-corrected chi connectivity index (χ3v) is 2.55. The molecule has 1 aromatic rings. The Kier molecular flexibility index (Phi) is 3.28. The van der Waals surface area contributed by atoms with Crippen LogP contribution in [-0.4, -0.2) is 19.5 Å². The highest BCUT2D eigenvalue weighted by atomic mass is 35.5. The molecule has 86 valence electrons. The number of halogens is 1.